The Bertz CT molecular complexity index is 3120. The summed E-state index contributed by atoms with van der Waals surface area (Å²) in [6.45, 7) is 13.2. The number of hydrogen-bond acceptors (Lipinski definition) is 18. The molecule has 0 unspecified atom stereocenters. The monoisotopic (exact) mass is 1040 g/mol. The highest BCUT2D eigenvalue weighted by atomic mass is 32.1. The van der Waals surface area contributed by atoms with Crippen LogP contribution in [-0.2, 0) is 21.4 Å². The lowest BCUT2D eigenvalue weighted by Crippen LogP contribution is -2.49. The number of piperidine rings is 1. The van der Waals surface area contributed by atoms with E-state index in [4.69, 9.17) is 20.0 Å². The number of benzene rings is 1. The van der Waals surface area contributed by atoms with Crippen molar-refractivity contribution in [2.75, 3.05) is 38.5 Å². The second-order valence-electron chi connectivity index (χ2n) is 22.2. The average Bonchev–Trinajstić information content (AvgIpc) is 4.00. The molecule has 3 aliphatic carbocycles. The van der Waals surface area contributed by atoms with Crippen LogP contribution in [-0.4, -0.2) is 117 Å². The number of nitrogens with one attached hydrogen (secondary N) is 1. The number of nitrogens with two attached hydrogens (primary N) is 1. The highest BCUT2D eigenvalue weighted by molar-refractivity contribution is 7.16. The quantitative estimate of drug-likeness (QED) is 0.0788. The van der Waals surface area contributed by atoms with Crippen molar-refractivity contribution >= 4 is 39.5 Å². The Hall–Kier alpha value is -6.34. The zero-order valence-electron chi connectivity index (χ0n) is 42.5. The lowest BCUT2D eigenvalue weighted by Gasteiger charge is -2.52. The Kier molecular flexibility index (Phi) is 13.1. The molecule has 19 nitrogen and oxygen atoms in total. The molecule has 6 aromatic rings. The van der Waals surface area contributed by atoms with Gasteiger partial charge in [0.15, 0.2) is 0 Å². The Morgan fingerprint density at radius 1 is 1.09 bits per heavy atom. The van der Waals surface area contributed by atoms with E-state index in [2.05, 4.69) is 46.7 Å². The van der Waals surface area contributed by atoms with Gasteiger partial charge in [-0.05, 0) is 121 Å². The van der Waals surface area contributed by atoms with E-state index in [1.54, 1.807) is 41.5 Å². The number of nitriles is 1. The SMILES string of the molecule is Cc1ncsc1-c1ccc([C@H](C)NC(=O)[C@@H]2C[C@@H](O)CN2C(=O)[C@H](C(C)C)n2cc(C3CC4(CCN(CC5(COc6nccc(-c7noc([C@@]8(C)CCCc9sc(N)c(C#N)c98)n7)n6)CC5)CC4)C3)nn2)c(O)c1. The number of aliphatic hydroxyl groups excluding tert-OH is 1. The Morgan fingerprint density at radius 3 is 2.61 bits per heavy atom. The van der Waals surface area contributed by atoms with Crippen LogP contribution in [0.1, 0.15) is 142 Å². The zero-order chi connectivity index (χ0) is 51.7. The number of β-amino-alcohol motifs (C(OH)–C–C–N with tert-alkyl or cyclic N) is 1. The van der Waals surface area contributed by atoms with Crippen LogP contribution in [0.5, 0.6) is 11.8 Å². The first-order valence-corrected chi connectivity index (χ1v) is 27.5. The maximum Gasteiger partial charge on any atom is 0.317 e. The van der Waals surface area contributed by atoms with Crippen molar-refractivity contribution < 1.29 is 29.1 Å². The van der Waals surface area contributed by atoms with Gasteiger partial charge in [0.1, 0.15) is 34.6 Å². The van der Waals surface area contributed by atoms with Crippen molar-refractivity contribution in [3.8, 4) is 39.8 Å². The molecule has 0 radical (unpaired) electrons. The van der Waals surface area contributed by atoms with Gasteiger partial charge in [0.05, 0.1) is 51.5 Å². The van der Waals surface area contributed by atoms with Gasteiger partial charge in [-0.25, -0.2) is 14.6 Å². The normalized spacial score (nSPS) is 23.0. The van der Waals surface area contributed by atoms with Crippen LogP contribution in [0.15, 0.2) is 46.7 Å². The number of nitrogen functional groups attached to an aromatic ring is 1. The van der Waals surface area contributed by atoms with Crippen LogP contribution in [0, 0.1) is 35.0 Å². The zero-order valence-corrected chi connectivity index (χ0v) is 44.1. The minimum Gasteiger partial charge on any atom is -0.508 e. The standard InChI is InChI=1S/C53H63N13O6S2/c1-29(2)43(48(70)65-24-34(67)20-39(65)47(69)58-30(3)35-9-8-32(19-40(35)68)44-31(4)57-28-73-44)66-25-38(61-63-66)33-21-52(22-33)14-17-64(18-15-52)26-53(12-13-53)27-71-50-56-16-10-37(59-50)46-60-49(72-62-46)51(5)11-6-7-41-42(51)36(23-54)45(55)74-41/h8-10,16,19,25,28-30,33-34,39,43,67-68H,6-7,11-15,17-18,20-22,24,26-27,55H2,1-5H3,(H,58,69)/t30-,34+,39-,43-,51-/m0/s1. The van der Waals surface area contributed by atoms with Crippen molar-refractivity contribution in [1.29, 1.82) is 5.26 Å². The van der Waals surface area contributed by atoms with E-state index in [1.165, 1.54) is 27.6 Å². The summed E-state index contributed by atoms with van der Waals surface area (Å²) in [6, 6.07) is 7.55. The molecule has 0 bridgehead atoms. The number of ether oxygens (including phenoxy) is 1. The highest BCUT2D eigenvalue weighted by Crippen LogP contribution is 2.57. The number of aryl methyl sites for hydroxylation is 2. The van der Waals surface area contributed by atoms with Gasteiger partial charge >= 0.3 is 6.01 Å². The smallest absolute Gasteiger partial charge is 0.317 e. The second-order valence-corrected chi connectivity index (χ2v) is 24.2. The molecule has 2 saturated carbocycles. The van der Waals surface area contributed by atoms with Crippen molar-refractivity contribution in [3.63, 3.8) is 0 Å². The first-order chi connectivity index (χ1) is 35.5. The third-order valence-electron chi connectivity index (χ3n) is 16.7. The van der Waals surface area contributed by atoms with Crippen LogP contribution in [0.25, 0.3) is 22.0 Å². The Labute approximate surface area is 437 Å². The van der Waals surface area contributed by atoms with Gasteiger partial charge < -0.3 is 40.3 Å². The molecule has 1 aromatic carbocycles. The first kappa shape index (κ1) is 49.9. The van der Waals surface area contributed by atoms with E-state index in [9.17, 15) is 25.1 Å². The number of aromatic nitrogens is 8. The van der Waals surface area contributed by atoms with Crippen molar-refractivity contribution in [2.24, 2.45) is 16.7 Å². The summed E-state index contributed by atoms with van der Waals surface area (Å²) in [5.74, 6) is 0.247. The number of aromatic hydroxyl groups is 1. The molecular formula is C53H63N13O6S2. The molecule has 5 aromatic heterocycles. The molecule has 2 amide bonds. The molecule has 74 heavy (non-hydrogen) atoms. The van der Waals surface area contributed by atoms with E-state index < -0.39 is 35.6 Å². The van der Waals surface area contributed by atoms with Crippen LogP contribution >= 0.6 is 22.7 Å². The summed E-state index contributed by atoms with van der Waals surface area (Å²) >= 11 is 2.97. The summed E-state index contributed by atoms with van der Waals surface area (Å²) in [7, 11) is 0. The maximum absolute atomic E-state index is 14.4. The third kappa shape index (κ3) is 9.32. The number of carbonyl (C=O) groups excluding carboxylic acids is 2. The fourth-order valence-corrected chi connectivity index (χ4v) is 14.2. The van der Waals surface area contributed by atoms with E-state index in [-0.39, 0.29) is 53.3 Å². The molecule has 5 atom stereocenters. The third-order valence-corrected chi connectivity index (χ3v) is 18.7. The number of thiazole rings is 1. The highest BCUT2D eigenvalue weighted by Gasteiger charge is 2.51. The van der Waals surface area contributed by atoms with Crippen LogP contribution < -0.4 is 15.8 Å². The van der Waals surface area contributed by atoms with Gasteiger partial charge in [-0.2, -0.15) is 15.2 Å². The second kappa shape index (κ2) is 19.4. The number of carbonyl (C=O) groups is 2. The largest absolute Gasteiger partial charge is 0.508 e. The number of thiophene rings is 1. The predicted octanol–water partition coefficient (Wildman–Crippen LogP) is 7.27. The van der Waals surface area contributed by atoms with E-state index in [0.717, 1.165) is 110 Å². The van der Waals surface area contributed by atoms with Crippen LogP contribution in [0.2, 0.25) is 0 Å². The molecule has 1 spiro atoms. The molecule has 5 N–H and O–H groups in total. The molecule has 11 rings (SSSR count). The topological polar surface area (TPSA) is 260 Å². The van der Waals surface area contributed by atoms with Gasteiger partial charge in [0.2, 0.25) is 23.5 Å². The van der Waals surface area contributed by atoms with Crippen molar-refractivity contribution in [2.45, 2.75) is 134 Å². The maximum atomic E-state index is 14.4. The molecule has 388 valence electrons. The first-order valence-electron chi connectivity index (χ1n) is 25.8. The van der Waals surface area contributed by atoms with Gasteiger partial charge in [0.25, 0.3) is 0 Å². The Balaban J connectivity index is 0.663. The fourth-order valence-electron chi connectivity index (χ4n) is 12.2. The van der Waals surface area contributed by atoms with Gasteiger partial charge in [-0.15, -0.1) is 27.8 Å². The molecule has 7 heterocycles. The number of rotatable bonds is 15. The summed E-state index contributed by atoms with van der Waals surface area (Å²) in [6.07, 6.45) is 11.8. The number of likely N-dealkylation sites (tertiary alicyclic amines) is 2. The molecule has 2 aliphatic heterocycles. The van der Waals surface area contributed by atoms with E-state index in [1.807, 2.05) is 40.0 Å². The minimum absolute atomic E-state index is 0.0356. The van der Waals surface area contributed by atoms with Crippen molar-refractivity contribution in [1.82, 2.24) is 55.2 Å². The summed E-state index contributed by atoms with van der Waals surface area (Å²) in [5, 5.41) is 48.6. The Morgan fingerprint density at radius 2 is 1.89 bits per heavy atom. The number of fused-ring (bicyclic) bond motifs is 1. The molecule has 4 fully saturated rings. The summed E-state index contributed by atoms with van der Waals surface area (Å²) in [5.41, 5.74) is 12.8. The van der Waals surface area contributed by atoms with Gasteiger partial charge in [0, 0.05) is 59.2 Å². The number of phenols is 1. The lowest BCUT2D eigenvalue weighted by molar-refractivity contribution is -0.142. The summed E-state index contributed by atoms with van der Waals surface area (Å²) < 4.78 is 13.8. The van der Waals surface area contributed by atoms with Gasteiger partial charge in [-0.3, -0.25) is 9.59 Å². The molecular weight excluding hydrogens is 979 g/mol. The van der Waals surface area contributed by atoms with Crippen LogP contribution in [0.4, 0.5) is 5.00 Å². The predicted molar refractivity (Wildman–Crippen MR) is 276 cm³/mol. The number of nitrogens with zero attached hydrogens (tertiary/aromatic N) is 11. The minimum atomic E-state index is -0.885. The number of aliphatic hydroxyl groups is 1. The van der Waals surface area contributed by atoms with Crippen molar-refractivity contribution in [3.05, 3.63) is 81.0 Å². The van der Waals surface area contributed by atoms with Gasteiger partial charge in [-0.1, -0.05) is 36.4 Å². The number of amides is 2. The number of phenolic OH excluding ortho intramolecular Hbond substituents is 1. The van der Waals surface area contributed by atoms with E-state index in [0.29, 0.717) is 40.1 Å². The number of hydrogen-bond donors (Lipinski definition) is 4. The number of anilines is 1. The average molecular weight is 1040 g/mol. The van der Waals surface area contributed by atoms with Crippen LogP contribution in [0.3, 0.4) is 0 Å². The fraction of sp³-hybridized carbons (Fsp3) is 0.547. The molecule has 2 saturated heterocycles. The lowest BCUT2D eigenvalue weighted by atomic mass is 9.57. The molecule has 21 heteroatoms. The summed E-state index contributed by atoms with van der Waals surface area (Å²) in [4.78, 5) is 52.6. The van der Waals surface area contributed by atoms with E-state index >= 15 is 0 Å². The molecule has 5 aliphatic rings.